The molecule has 0 aromatic carbocycles. The molecular formula is C15H18FN5O2. The van der Waals surface area contributed by atoms with Crippen molar-refractivity contribution < 1.29 is 13.9 Å². The van der Waals surface area contributed by atoms with Crippen LogP contribution in [0.5, 0.6) is 0 Å². The van der Waals surface area contributed by atoms with Gasteiger partial charge in [-0.3, -0.25) is 9.48 Å². The van der Waals surface area contributed by atoms with Crippen molar-refractivity contribution in [2.75, 3.05) is 25.1 Å². The number of halogens is 1. The van der Waals surface area contributed by atoms with E-state index in [9.17, 15) is 9.18 Å². The molecule has 3 rings (SSSR count). The predicted octanol–water partition coefficient (Wildman–Crippen LogP) is 1.41. The Morgan fingerprint density at radius 3 is 2.70 bits per heavy atom. The highest BCUT2D eigenvalue weighted by molar-refractivity contribution is 5.72. The van der Waals surface area contributed by atoms with Gasteiger partial charge in [0, 0.05) is 26.3 Å². The van der Waals surface area contributed by atoms with Crippen molar-refractivity contribution in [2.45, 2.75) is 12.8 Å². The number of hydrogen-bond donors (Lipinski definition) is 0. The molecule has 0 bridgehead atoms. The van der Waals surface area contributed by atoms with Gasteiger partial charge in [0.25, 0.3) is 0 Å². The van der Waals surface area contributed by atoms with Gasteiger partial charge in [-0.25, -0.2) is 14.4 Å². The summed E-state index contributed by atoms with van der Waals surface area (Å²) < 4.78 is 21.2. The van der Waals surface area contributed by atoms with Gasteiger partial charge in [-0.2, -0.15) is 5.10 Å². The topological polar surface area (TPSA) is 73.1 Å². The third-order valence-corrected chi connectivity index (χ3v) is 4.16. The minimum absolute atomic E-state index is 0.127. The molecule has 1 saturated heterocycles. The lowest BCUT2D eigenvalue weighted by Crippen LogP contribution is -2.37. The van der Waals surface area contributed by atoms with Gasteiger partial charge in [0.05, 0.1) is 18.7 Å². The molecule has 0 saturated carbocycles. The summed E-state index contributed by atoms with van der Waals surface area (Å²) in [4.78, 5) is 21.5. The van der Waals surface area contributed by atoms with E-state index in [0.29, 0.717) is 31.6 Å². The molecule has 23 heavy (non-hydrogen) atoms. The van der Waals surface area contributed by atoms with Crippen molar-refractivity contribution in [1.29, 1.82) is 0 Å². The summed E-state index contributed by atoms with van der Waals surface area (Å²) in [5, 5.41) is 4.04. The second kappa shape index (κ2) is 6.31. The number of esters is 1. The highest BCUT2D eigenvalue weighted by Crippen LogP contribution is 2.28. The third kappa shape index (κ3) is 2.88. The van der Waals surface area contributed by atoms with E-state index in [2.05, 4.69) is 15.1 Å². The summed E-state index contributed by atoms with van der Waals surface area (Å²) in [6.07, 6.45) is 4.19. The van der Waals surface area contributed by atoms with Crippen LogP contribution in [0.1, 0.15) is 12.8 Å². The molecule has 0 amide bonds. The summed E-state index contributed by atoms with van der Waals surface area (Å²) in [5.74, 6) is -0.534. The van der Waals surface area contributed by atoms with Crippen molar-refractivity contribution in [3.05, 3.63) is 24.4 Å². The molecule has 122 valence electrons. The summed E-state index contributed by atoms with van der Waals surface area (Å²) >= 11 is 0. The third-order valence-electron chi connectivity index (χ3n) is 4.16. The number of piperidine rings is 1. The van der Waals surface area contributed by atoms with E-state index in [0.717, 1.165) is 0 Å². The van der Waals surface area contributed by atoms with E-state index in [1.807, 2.05) is 4.90 Å². The highest BCUT2D eigenvalue weighted by atomic mass is 19.1. The van der Waals surface area contributed by atoms with Gasteiger partial charge in [0.2, 0.25) is 0 Å². The van der Waals surface area contributed by atoms with Gasteiger partial charge in [-0.15, -0.1) is 0 Å². The van der Waals surface area contributed by atoms with Crippen LogP contribution in [-0.2, 0) is 16.6 Å². The lowest BCUT2D eigenvalue weighted by Gasteiger charge is -2.31. The summed E-state index contributed by atoms with van der Waals surface area (Å²) in [5.41, 5.74) is 0.820. The predicted molar refractivity (Wildman–Crippen MR) is 81.1 cm³/mol. The number of anilines is 1. The fraction of sp³-hybridized carbons (Fsp3) is 0.467. The Hall–Kier alpha value is -2.51. The van der Waals surface area contributed by atoms with Crippen molar-refractivity contribution in [3.63, 3.8) is 0 Å². The lowest BCUT2D eigenvalue weighted by molar-refractivity contribution is -0.146. The minimum atomic E-state index is -0.465. The molecule has 2 aromatic rings. The minimum Gasteiger partial charge on any atom is -0.469 e. The quantitative estimate of drug-likeness (QED) is 0.796. The molecule has 0 radical (unpaired) electrons. The van der Waals surface area contributed by atoms with Crippen LogP contribution in [0.2, 0.25) is 0 Å². The van der Waals surface area contributed by atoms with Gasteiger partial charge in [0.15, 0.2) is 11.6 Å². The maximum atomic E-state index is 14.8. The first kappa shape index (κ1) is 15.4. The molecule has 3 heterocycles. The summed E-state index contributed by atoms with van der Waals surface area (Å²) in [7, 11) is 3.12. The van der Waals surface area contributed by atoms with E-state index in [4.69, 9.17) is 4.74 Å². The van der Waals surface area contributed by atoms with Crippen molar-refractivity contribution >= 4 is 11.8 Å². The molecule has 7 nitrogen and oxygen atoms in total. The van der Waals surface area contributed by atoms with Crippen LogP contribution in [0, 0.1) is 11.7 Å². The number of methoxy groups -OCH3 is 1. The lowest BCUT2D eigenvalue weighted by atomic mass is 9.97. The summed E-state index contributed by atoms with van der Waals surface area (Å²) in [6.45, 7) is 1.11. The molecule has 0 N–H and O–H groups in total. The first-order valence-corrected chi connectivity index (χ1v) is 7.43. The van der Waals surface area contributed by atoms with E-state index < -0.39 is 5.82 Å². The second-order valence-electron chi connectivity index (χ2n) is 5.48. The van der Waals surface area contributed by atoms with Crippen LogP contribution in [0.4, 0.5) is 10.2 Å². The molecule has 1 fully saturated rings. The molecule has 0 unspecified atom stereocenters. The summed E-state index contributed by atoms with van der Waals surface area (Å²) in [6, 6.07) is 1.71. The number of carbonyl (C=O) groups is 1. The molecule has 0 spiro atoms. The fourth-order valence-corrected chi connectivity index (χ4v) is 2.86. The van der Waals surface area contributed by atoms with Gasteiger partial charge < -0.3 is 9.64 Å². The Kier molecular flexibility index (Phi) is 4.22. The van der Waals surface area contributed by atoms with Crippen LogP contribution in [-0.4, -0.2) is 45.9 Å². The van der Waals surface area contributed by atoms with Crippen molar-refractivity contribution in [3.8, 4) is 11.4 Å². The number of ether oxygens (including phenoxy) is 1. The van der Waals surface area contributed by atoms with Crippen LogP contribution in [0.15, 0.2) is 18.6 Å². The van der Waals surface area contributed by atoms with E-state index in [1.54, 1.807) is 24.0 Å². The van der Waals surface area contributed by atoms with Gasteiger partial charge in [-0.1, -0.05) is 0 Å². The zero-order valence-electron chi connectivity index (χ0n) is 13.1. The van der Waals surface area contributed by atoms with Gasteiger partial charge >= 0.3 is 5.97 Å². The number of aryl methyl sites for hydroxylation is 1. The van der Waals surface area contributed by atoms with Crippen LogP contribution >= 0.6 is 0 Å². The number of nitrogens with zero attached hydrogens (tertiary/aromatic N) is 5. The standard InChI is InChI=1S/C15H18FN5O2/c1-20-11(3-6-19-20)13-12(16)14(18-9-17-13)21-7-4-10(5-8-21)15(22)23-2/h3,6,9-10H,4-5,7-8H2,1-2H3. The van der Waals surface area contributed by atoms with E-state index in [1.165, 1.54) is 13.4 Å². The van der Waals surface area contributed by atoms with E-state index >= 15 is 0 Å². The Balaban J connectivity index is 1.82. The maximum Gasteiger partial charge on any atom is 0.308 e. The average molecular weight is 319 g/mol. The first-order chi connectivity index (χ1) is 11.1. The molecule has 1 aliphatic rings. The Bertz CT molecular complexity index is 710. The highest BCUT2D eigenvalue weighted by Gasteiger charge is 2.28. The normalized spacial score (nSPS) is 15.7. The van der Waals surface area contributed by atoms with Crippen molar-refractivity contribution in [2.24, 2.45) is 13.0 Å². The maximum absolute atomic E-state index is 14.8. The van der Waals surface area contributed by atoms with Gasteiger partial charge in [0.1, 0.15) is 12.0 Å². The molecule has 0 aliphatic carbocycles. The SMILES string of the molecule is COC(=O)C1CCN(c2ncnc(-c3ccnn3C)c2F)CC1. The van der Waals surface area contributed by atoms with Crippen LogP contribution in [0.25, 0.3) is 11.4 Å². The fourth-order valence-electron chi connectivity index (χ4n) is 2.86. The number of hydrogen-bond acceptors (Lipinski definition) is 6. The second-order valence-corrected chi connectivity index (χ2v) is 5.48. The van der Waals surface area contributed by atoms with E-state index in [-0.39, 0.29) is 23.4 Å². The Labute approximate surface area is 133 Å². The largest absolute Gasteiger partial charge is 0.469 e. The smallest absolute Gasteiger partial charge is 0.308 e. The number of rotatable bonds is 3. The average Bonchev–Trinajstić information content (AvgIpc) is 3.00. The first-order valence-electron chi connectivity index (χ1n) is 7.43. The van der Waals surface area contributed by atoms with Crippen LogP contribution < -0.4 is 4.90 Å². The Morgan fingerprint density at radius 2 is 2.09 bits per heavy atom. The molecule has 0 atom stereocenters. The molecule has 1 aliphatic heterocycles. The molecule has 8 heteroatoms. The molecule has 2 aromatic heterocycles. The Morgan fingerprint density at radius 1 is 1.35 bits per heavy atom. The number of aromatic nitrogens is 4. The zero-order valence-corrected chi connectivity index (χ0v) is 13.1. The van der Waals surface area contributed by atoms with Crippen molar-refractivity contribution in [1.82, 2.24) is 19.7 Å². The van der Waals surface area contributed by atoms with Gasteiger partial charge in [-0.05, 0) is 18.9 Å². The molecular weight excluding hydrogens is 301 g/mol. The zero-order chi connectivity index (χ0) is 16.4. The van der Waals surface area contributed by atoms with Crippen LogP contribution in [0.3, 0.4) is 0 Å². The number of carbonyl (C=O) groups excluding carboxylic acids is 1. The monoisotopic (exact) mass is 319 g/mol.